The van der Waals surface area contributed by atoms with Crippen LogP contribution in [-0.4, -0.2) is 26.0 Å². The minimum Gasteiger partial charge on any atom is -0.497 e. The number of hydrogen-bond acceptors (Lipinski definition) is 6. The fraction of sp³-hybridized carbons (Fsp3) is 0.0909. The Balaban J connectivity index is 1.80. The summed E-state index contributed by atoms with van der Waals surface area (Å²) < 4.78 is 37.7. The van der Waals surface area contributed by atoms with Crippen molar-refractivity contribution in [1.29, 1.82) is 0 Å². The Morgan fingerprint density at radius 1 is 0.935 bits per heavy atom. The van der Waals surface area contributed by atoms with E-state index in [2.05, 4.69) is 5.32 Å². The molecule has 0 saturated carbocycles. The molecule has 2 heterocycles. The van der Waals surface area contributed by atoms with E-state index in [-0.39, 0.29) is 17.0 Å². The smallest absolute Gasteiger partial charge is 0.282 e. The quantitative estimate of drug-likeness (QED) is 0.572. The molecule has 0 aliphatic carbocycles. The third-order valence-corrected chi connectivity index (χ3v) is 5.57. The second-order valence-corrected chi connectivity index (χ2v) is 7.41. The normalized spacial score (nSPS) is 13.7. The molecule has 0 spiro atoms. The van der Waals surface area contributed by atoms with E-state index in [1.165, 1.54) is 31.6 Å². The van der Waals surface area contributed by atoms with Gasteiger partial charge in [-0.15, -0.1) is 11.3 Å². The van der Waals surface area contributed by atoms with Crippen molar-refractivity contribution in [2.75, 3.05) is 24.4 Å². The first kappa shape index (κ1) is 20.5. The average Bonchev–Trinajstić information content (AvgIpc) is 3.37. The van der Waals surface area contributed by atoms with Gasteiger partial charge in [-0.3, -0.25) is 9.59 Å². The maximum Gasteiger partial charge on any atom is 0.282 e. The average molecular weight is 442 g/mol. The van der Waals surface area contributed by atoms with Gasteiger partial charge in [-0.1, -0.05) is 6.07 Å². The van der Waals surface area contributed by atoms with E-state index in [0.29, 0.717) is 22.1 Å². The molecule has 9 heteroatoms. The number of imide groups is 1. The highest BCUT2D eigenvalue weighted by Gasteiger charge is 2.41. The number of carbonyl (C=O) groups excluding carboxylic acids is 2. The van der Waals surface area contributed by atoms with Crippen LogP contribution in [0.15, 0.2) is 59.6 Å². The molecule has 6 nitrogen and oxygen atoms in total. The number of benzene rings is 2. The molecule has 0 atom stereocenters. The van der Waals surface area contributed by atoms with E-state index in [1.54, 1.807) is 35.7 Å². The summed E-state index contributed by atoms with van der Waals surface area (Å²) in [6, 6.07) is 11.3. The lowest BCUT2D eigenvalue weighted by molar-refractivity contribution is -0.120. The van der Waals surface area contributed by atoms with Crippen molar-refractivity contribution in [2.24, 2.45) is 0 Å². The first-order chi connectivity index (χ1) is 14.9. The molecule has 0 fully saturated rings. The van der Waals surface area contributed by atoms with Crippen molar-refractivity contribution in [1.82, 2.24) is 0 Å². The zero-order valence-electron chi connectivity index (χ0n) is 16.4. The SMILES string of the molecule is COc1ccc(NC2=C(c3cccs3)C(=O)N(c3ccc(F)c(F)c3)C2=O)c(OC)c1. The van der Waals surface area contributed by atoms with Crippen LogP contribution in [0.3, 0.4) is 0 Å². The van der Waals surface area contributed by atoms with Crippen molar-refractivity contribution in [2.45, 2.75) is 0 Å². The third-order valence-electron chi connectivity index (χ3n) is 4.68. The molecule has 1 aliphatic heterocycles. The molecule has 1 aromatic heterocycles. The number of ether oxygens (including phenoxy) is 2. The zero-order valence-corrected chi connectivity index (χ0v) is 17.3. The molecule has 0 saturated heterocycles. The molecule has 3 aromatic rings. The Morgan fingerprint density at radius 2 is 1.74 bits per heavy atom. The minimum atomic E-state index is -1.16. The summed E-state index contributed by atoms with van der Waals surface area (Å²) in [5, 5.41) is 4.75. The van der Waals surface area contributed by atoms with Crippen LogP contribution >= 0.6 is 11.3 Å². The second-order valence-electron chi connectivity index (χ2n) is 6.46. The molecule has 1 aliphatic rings. The first-order valence-corrected chi connectivity index (χ1v) is 9.93. The van der Waals surface area contributed by atoms with Crippen molar-refractivity contribution in [3.63, 3.8) is 0 Å². The summed E-state index contributed by atoms with van der Waals surface area (Å²) in [5.74, 6) is -2.63. The van der Waals surface area contributed by atoms with Gasteiger partial charge in [0.05, 0.1) is 31.2 Å². The van der Waals surface area contributed by atoms with Crippen molar-refractivity contribution < 1.29 is 27.8 Å². The summed E-state index contributed by atoms with van der Waals surface area (Å²) in [6.07, 6.45) is 0. The van der Waals surface area contributed by atoms with Gasteiger partial charge < -0.3 is 14.8 Å². The Hall–Kier alpha value is -3.72. The van der Waals surface area contributed by atoms with Crippen molar-refractivity contribution in [3.8, 4) is 11.5 Å². The molecular weight excluding hydrogens is 426 g/mol. The van der Waals surface area contributed by atoms with Crippen molar-refractivity contribution >= 4 is 40.1 Å². The molecule has 158 valence electrons. The van der Waals surface area contributed by atoms with Gasteiger partial charge in [-0.25, -0.2) is 13.7 Å². The van der Waals surface area contributed by atoms with E-state index < -0.39 is 23.4 Å². The van der Waals surface area contributed by atoms with Crippen LogP contribution in [0.25, 0.3) is 5.57 Å². The number of hydrogen-bond donors (Lipinski definition) is 1. The molecule has 2 amide bonds. The second kappa shape index (κ2) is 8.19. The Morgan fingerprint density at radius 3 is 2.39 bits per heavy atom. The molecule has 31 heavy (non-hydrogen) atoms. The number of anilines is 2. The van der Waals surface area contributed by atoms with E-state index >= 15 is 0 Å². The van der Waals surface area contributed by atoms with E-state index in [9.17, 15) is 18.4 Å². The maximum atomic E-state index is 13.8. The van der Waals surface area contributed by atoms with E-state index in [4.69, 9.17) is 9.47 Å². The molecule has 4 rings (SSSR count). The standard InChI is InChI=1S/C22H16F2N2O4S/c1-29-13-6-8-16(17(11-13)30-2)25-20-19(18-4-3-9-31-18)21(27)26(22(20)28)12-5-7-14(23)15(24)10-12/h3-11,25H,1-2H3. The van der Waals surface area contributed by atoms with E-state index in [1.807, 2.05) is 0 Å². The van der Waals surface area contributed by atoms with Gasteiger partial charge in [0.15, 0.2) is 11.6 Å². The van der Waals surface area contributed by atoms with Crippen LogP contribution in [0.1, 0.15) is 4.88 Å². The van der Waals surface area contributed by atoms with Crippen LogP contribution in [-0.2, 0) is 9.59 Å². The van der Waals surface area contributed by atoms with Crippen molar-refractivity contribution in [3.05, 3.63) is 76.1 Å². The number of halogens is 2. The topological polar surface area (TPSA) is 67.9 Å². The van der Waals surface area contributed by atoms with Gasteiger partial charge in [-0.2, -0.15) is 0 Å². The molecule has 0 unspecified atom stereocenters. The first-order valence-electron chi connectivity index (χ1n) is 9.05. The summed E-state index contributed by atoms with van der Waals surface area (Å²) in [7, 11) is 2.97. The Labute approximate surface area is 180 Å². The number of thiophene rings is 1. The van der Waals surface area contributed by atoms with Crippen LogP contribution < -0.4 is 19.7 Å². The number of amides is 2. The van der Waals surface area contributed by atoms with Crippen LogP contribution in [0.5, 0.6) is 11.5 Å². The van der Waals surface area contributed by atoms with Gasteiger partial charge in [0.25, 0.3) is 11.8 Å². The number of carbonyl (C=O) groups is 2. The molecule has 2 aromatic carbocycles. The summed E-state index contributed by atoms with van der Waals surface area (Å²) >= 11 is 1.28. The van der Waals surface area contributed by atoms with Crippen LogP contribution in [0, 0.1) is 11.6 Å². The monoisotopic (exact) mass is 442 g/mol. The summed E-state index contributed by atoms with van der Waals surface area (Å²) in [4.78, 5) is 27.8. The Bertz CT molecular complexity index is 1210. The van der Waals surface area contributed by atoms with Gasteiger partial charge in [0.1, 0.15) is 17.2 Å². The molecular formula is C22H16F2N2O4S. The molecule has 0 radical (unpaired) electrons. The highest BCUT2D eigenvalue weighted by molar-refractivity contribution is 7.11. The number of methoxy groups -OCH3 is 2. The predicted octanol–water partition coefficient (Wildman–Crippen LogP) is 4.44. The summed E-state index contributed by atoms with van der Waals surface area (Å²) in [5.41, 5.74) is 0.491. The van der Waals surface area contributed by atoms with Gasteiger partial charge in [-0.05, 0) is 35.7 Å². The fourth-order valence-electron chi connectivity index (χ4n) is 3.19. The fourth-order valence-corrected chi connectivity index (χ4v) is 3.96. The highest BCUT2D eigenvalue weighted by Crippen LogP contribution is 2.38. The van der Waals surface area contributed by atoms with Gasteiger partial charge >= 0.3 is 0 Å². The van der Waals surface area contributed by atoms with E-state index in [0.717, 1.165) is 17.0 Å². The zero-order chi connectivity index (χ0) is 22.1. The Kier molecular flexibility index (Phi) is 5.43. The number of rotatable bonds is 6. The minimum absolute atomic E-state index is 0.000602. The van der Waals surface area contributed by atoms with Gasteiger partial charge in [0, 0.05) is 17.0 Å². The molecule has 0 bridgehead atoms. The lowest BCUT2D eigenvalue weighted by Gasteiger charge is -2.16. The summed E-state index contributed by atoms with van der Waals surface area (Å²) in [6.45, 7) is 0. The lowest BCUT2D eigenvalue weighted by atomic mass is 10.1. The van der Waals surface area contributed by atoms with Crippen LogP contribution in [0.2, 0.25) is 0 Å². The maximum absolute atomic E-state index is 13.8. The lowest BCUT2D eigenvalue weighted by Crippen LogP contribution is -2.32. The number of nitrogens with one attached hydrogen (secondary N) is 1. The highest BCUT2D eigenvalue weighted by atomic mass is 32.1. The largest absolute Gasteiger partial charge is 0.497 e. The predicted molar refractivity (Wildman–Crippen MR) is 113 cm³/mol. The number of nitrogens with zero attached hydrogens (tertiary/aromatic N) is 1. The third kappa shape index (κ3) is 3.64. The molecule has 1 N–H and O–H groups in total. The van der Waals surface area contributed by atoms with Gasteiger partial charge in [0.2, 0.25) is 0 Å². The van der Waals surface area contributed by atoms with Crippen LogP contribution in [0.4, 0.5) is 20.2 Å².